The molecular formula is C15H13BrClN3O. The number of pyridine rings is 1. The maximum atomic E-state index is 5.91. The second-order valence-corrected chi connectivity index (χ2v) is 5.79. The predicted molar refractivity (Wildman–Crippen MR) is 87.5 cm³/mol. The maximum Gasteiger partial charge on any atom is 0.164 e. The normalized spacial score (nSPS) is 11.0. The van der Waals surface area contributed by atoms with Gasteiger partial charge in [0.15, 0.2) is 5.65 Å². The highest BCUT2D eigenvalue weighted by atomic mass is 79.9. The average molecular weight is 367 g/mol. The molecule has 0 N–H and O–H groups in total. The third kappa shape index (κ3) is 2.76. The smallest absolute Gasteiger partial charge is 0.164 e. The molecule has 0 fully saturated rings. The van der Waals surface area contributed by atoms with Gasteiger partial charge in [0.25, 0.3) is 0 Å². The Morgan fingerprint density at radius 3 is 2.95 bits per heavy atom. The molecule has 4 nitrogen and oxygen atoms in total. The van der Waals surface area contributed by atoms with Crippen molar-refractivity contribution in [2.75, 3.05) is 13.0 Å². The minimum Gasteiger partial charge on any atom is -0.497 e. The Hall–Kier alpha value is -1.59. The molecule has 3 rings (SSSR count). The zero-order valence-corrected chi connectivity index (χ0v) is 13.7. The van der Waals surface area contributed by atoms with Gasteiger partial charge in [0, 0.05) is 29.0 Å². The first-order valence-electron chi connectivity index (χ1n) is 6.46. The zero-order chi connectivity index (χ0) is 14.8. The van der Waals surface area contributed by atoms with E-state index in [0.717, 1.165) is 32.9 Å². The number of aromatic nitrogens is 3. The summed E-state index contributed by atoms with van der Waals surface area (Å²) in [5.41, 5.74) is 2.62. The molecule has 0 unspecified atom stereocenters. The van der Waals surface area contributed by atoms with Crippen LogP contribution in [0.25, 0.3) is 16.9 Å². The van der Waals surface area contributed by atoms with E-state index in [1.54, 1.807) is 13.3 Å². The highest BCUT2D eigenvalue weighted by molar-refractivity contribution is 9.10. The minimum absolute atomic E-state index is 0.508. The number of halogens is 2. The quantitative estimate of drug-likeness (QED) is 0.656. The number of hydrogen-bond acceptors (Lipinski definition) is 3. The molecule has 2 heterocycles. The van der Waals surface area contributed by atoms with Crippen molar-refractivity contribution in [1.82, 2.24) is 14.5 Å². The van der Waals surface area contributed by atoms with Gasteiger partial charge < -0.3 is 4.74 Å². The van der Waals surface area contributed by atoms with Gasteiger partial charge in [0.1, 0.15) is 17.1 Å². The fourth-order valence-corrected chi connectivity index (χ4v) is 2.91. The van der Waals surface area contributed by atoms with Gasteiger partial charge in [-0.15, -0.1) is 11.6 Å². The summed E-state index contributed by atoms with van der Waals surface area (Å²) >= 11 is 9.41. The molecule has 3 aromatic rings. The maximum absolute atomic E-state index is 5.91. The molecule has 0 aliphatic rings. The van der Waals surface area contributed by atoms with Crippen molar-refractivity contribution >= 4 is 38.7 Å². The van der Waals surface area contributed by atoms with Crippen LogP contribution in [0, 0.1) is 0 Å². The van der Waals surface area contributed by atoms with E-state index >= 15 is 0 Å². The predicted octanol–water partition coefficient (Wildman–Crippen LogP) is 3.97. The van der Waals surface area contributed by atoms with Crippen LogP contribution in [0.3, 0.4) is 0 Å². The first-order chi connectivity index (χ1) is 10.2. The summed E-state index contributed by atoms with van der Waals surface area (Å²) in [5, 5.41) is 0. The average Bonchev–Trinajstić information content (AvgIpc) is 2.85. The summed E-state index contributed by atoms with van der Waals surface area (Å²) in [7, 11) is 1.65. The van der Waals surface area contributed by atoms with Crippen molar-refractivity contribution in [3.8, 4) is 11.4 Å². The second kappa shape index (κ2) is 6.03. The van der Waals surface area contributed by atoms with Gasteiger partial charge in [-0.3, -0.25) is 4.57 Å². The van der Waals surface area contributed by atoms with Crippen LogP contribution in [-0.2, 0) is 6.42 Å². The molecule has 108 valence electrons. The third-order valence-corrected chi connectivity index (χ3v) is 3.80. The first-order valence-corrected chi connectivity index (χ1v) is 7.79. The van der Waals surface area contributed by atoms with Crippen LogP contribution in [0.1, 0.15) is 5.82 Å². The van der Waals surface area contributed by atoms with Crippen LogP contribution in [0.5, 0.6) is 5.75 Å². The molecule has 21 heavy (non-hydrogen) atoms. The standard InChI is InChI=1S/C15H13BrClN3O/c1-21-12-8-10(16)7-11(9-12)20-14(4-5-17)19-13-3-2-6-18-15(13)20/h2-3,6-9H,4-5H2,1H3. The van der Waals surface area contributed by atoms with Gasteiger partial charge >= 0.3 is 0 Å². The van der Waals surface area contributed by atoms with Crippen LogP contribution >= 0.6 is 27.5 Å². The van der Waals surface area contributed by atoms with Gasteiger partial charge in [-0.05, 0) is 24.3 Å². The van der Waals surface area contributed by atoms with Crippen LogP contribution in [0.4, 0.5) is 0 Å². The highest BCUT2D eigenvalue weighted by Crippen LogP contribution is 2.27. The lowest BCUT2D eigenvalue weighted by atomic mass is 10.3. The van der Waals surface area contributed by atoms with Crippen LogP contribution in [-0.4, -0.2) is 27.5 Å². The number of aryl methyl sites for hydroxylation is 1. The molecule has 0 saturated carbocycles. The second-order valence-electron chi connectivity index (χ2n) is 4.50. The van der Waals surface area contributed by atoms with Crippen molar-refractivity contribution < 1.29 is 4.74 Å². The Bertz CT molecular complexity index is 788. The molecule has 0 bridgehead atoms. The molecule has 0 aliphatic carbocycles. The molecular weight excluding hydrogens is 354 g/mol. The van der Waals surface area contributed by atoms with E-state index in [1.165, 1.54) is 0 Å². The summed E-state index contributed by atoms with van der Waals surface area (Å²) < 4.78 is 8.29. The van der Waals surface area contributed by atoms with Crippen molar-refractivity contribution in [2.24, 2.45) is 0 Å². The number of alkyl halides is 1. The molecule has 0 spiro atoms. The number of ether oxygens (including phenoxy) is 1. The van der Waals surface area contributed by atoms with E-state index in [0.29, 0.717) is 12.3 Å². The Morgan fingerprint density at radius 1 is 1.33 bits per heavy atom. The van der Waals surface area contributed by atoms with Gasteiger partial charge in [-0.2, -0.15) is 0 Å². The van der Waals surface area contributed by atoms with Crippen molar-refractivity contribution in [3.63, 3.8) is 0 Å². The SMILES string of the molecule is COc1cc(Br)cc(-n2c(CCCl)nc3cccnc32)c1. The van der Waals surface area contributed by atoms with Gasteiger partial charge in [0.2, 0.25) is 0 Å². The van der Waals surface area contributed by atoms with Gasteiger partial charge in [0.05, 0.1) is 12.8 Å². The Labute approximate surface area is 135 Å². The van der Waals surface area contributed by atoms with Crippen molar-refractivity contribution in [3.05, 3.63) is 46.8 Å². The Kier molecular flexibility index (Phi) is 4.12. The van der Waals surface area contributed by atoms with Crippen molar-refractivity contribution in [2.45, 2.75) is 6.42 Å². The summed E-state index contributed by atoms with van der Waals surface area (Å²) in [6.07, 6.45) is 2.44. The van der Waals surface area contributed by atoms with Crippen LogP contribution in [0.15, 0.2) is 41.0 Å². The van der Waals surface area contributed by atoms with Crippen LogP contribution < -0.4 is 4.74 Å². The fourth-order valence-electron chi connectivity index (χ4n) is 2.28. The van der Waals surface area contributed by atoms with Crippen LogP contribution in [0.2, 0.25) is 0 Å². The first kappa shape index (κ1) is 14.4. The minimum atomic E-state index is 0.508. The van der Waals surface area contributed by atoms with E-state index in [4.69, 9.17) is 16.3 Å². The number of imidazole rings is 1. The van der Waals surface area contributed by atoms with E-state index in [-0.39, 0.29) is 0 Å². The number of rotatable bonds is 4. The number of nitrogens with zero attached hydrogens (tertiary/aromatic N) is 3. The number of benzene rings is 1. The molecule has 1 aromatic carbocycles. The highest BCUT2D eigenvalue weighted by Gasteiger charge is 2.14. The molecule has 0 aliphatic heterocycles. The molecule has 6 heteroatoms. The summed E-state index contributed by atoms with van der Waals surface area (Å²) in [5.74, 6) is 2.17. The summed E-state index contributed by atoms with van der Waals surface area (Å²) in [6.45, 7) is 0. The van der Waals surface area contributed by atoms with Gasteiger partial charge in [-0.25, -0.2) is 9.97 Å². The number of fused-ring (bicyclic) bond motifs is 1. The summed E-state index contributed by atoms with van der Waals surface area (Å²) in [4.78, 5) is 9.07. The molecule has 0 saturated heterocycles. The zero-order valence-electron chi connectivity index (χ0n) is 11.4. The number of methoxy groups -OCH3 is 1. The largest absolute Gasteiger partial charge is 0.497 e. The molecule has 0 atom stereocenters. The molecule has 2 aromatic heterocycles. The number of hydrogen-bond donors (Lipinski definition) is 0. The van der Waals surface area contributed by atoms with E-state index in [2.05, 4.69) is 25.9 Å². The lowest BCUT2D eigenvalue weighted by Gasteiger charge is -2.10. The van der Waals surface area contributed by atoms with E-state index < -0.39 is 0 Å². The van der Waals surface area contributed by atoms with Gasteiger partial charge in [-0.1, -0.05) is 15.9 Å². The van der Waals surface area contributed by atoms with Crippen molar-refractivity contribution in [1.29, 1.82) is 0 Å². The third-order valence-electron chi connectivity index (χ3n) is 3.15. The van der Waals surface area contributed by atoms with E-state index in [1.807, 2.05) is 34.9 Å². The van der Waals surface area contributed by atoms with E-state index in [9.17, 15) is 0 Å². The molecule has 0 amide bonds. The fraction of sp³-hybridized carbons (Fsp3) is 0.200. The monoisotopic (exact) mass is 365 g/mol. The topological polar surface area (TPSA) is 39.9 Å². The Balaban J connectivity index is 2.27. The lowest BCUT2D eigenvalue weighted by Crippen LogP contribution is -2.03. The lowest BCUT2D eigenvalue weighted by molar-refractivity contribution is 0.414. The summed E-state index contributed by atoms with van der Waals surface area (Å²) in [6, 6.07) is 9.71. The molecule has 0 radical (unpaired) electrons. The Morgan fingerprint density at radius 2 is 2.19 bits per heavy atom.